The third kappa shape index (κ3) is 13.2. The second kappa shape index (κ2) is 9.64. The maximum Gasteiger partial charge on any atom is 0.248 e. The minimum atomic E-state index is -0.365. The van der Waals surface area contributed by atoms with Crippen molar-refractivity contribution < 1.29 is 19.8 Å². The summed E-state index contributed by atoms with van der Waals surface area (Å²) in [6, 6.07) is 0. The van der Waals surface area contributed by atoms with Gasteiger partial charge in [-0.2, -0.15) is 0 Å². The summed E-state index contributed by atoms with van der Waals surface area (Å²) in [6.07, 6.45) is 2.47. The van der Waals surface area contributed by atoms with Crippen LogP contribution < -0.4 is 11.6 Å². The van der Waals surface area contributed by atoms with E-state index in [4.69, 9.17) is 10.2 Å². The lowest BCUT2D eigenvalue weighted by Crippen LogP contribution is -2.33. The van der Waals surface area contributed by atoms with Gasteiger partial charge in [0.15, 0.2) is 12.2 Å². The highest BCUT2D eigenvalue weighted by Crippen LogP contribution is 2.11. The van der Waals surface area contributed by atoms with Gasteiger partial charge in [0.2, 0.25) is 5.91 Å². The first kappa shape index (κ1) is 18.4. The quantitative estimate of drug-likeness (QED) is 0.369. The average Bonchev–Trinajstić information content (AvgIpc) is 2.04. The minimum absolute atomic E-state index is 0. The number of aliphatic hydroxyl groups excluding tert-OH is 2. The van der Waals surface area contributed by atoms with Crippen LogP contribution >= 0.6 is 0 Å². The van der Waals surface area contributed by atoms with Crippen LogP contribution in [-0.2, 0) is 9.63 Å². The van der Waals surface area contributed by atoms with Gasteiger partial charge in [-0.25, -0.2) is 5.48 Å². The van der Waals surface area contributed by atoms with E-state index in [1.807, 2.05) is 20.8 Å². The van der Waals surface area contributed by atoms with E-state index >= 15 is 0 Å². The molecule has 6 nitrogen and oxygen atoms in total. The standard InChI is InChI=1S/C6H13NO2.C2H2O2.H3N/c1-6(2,3)5(8)7-9-4;3-1-2-4;/h1-4H3,(H,7,8);3-4H;1H3. The van der Waals surface area contributed by atoms with Crippen molar-refractivity contribution in [3.05, 3.63) is 0 Å². The van der Waals surface area contributed by atoms with Crippen molar-refractivity contribution in [2.24, 2.45) is 5.41 Å². The van der Waals surface area contributed by atoms with E-state index in [9.17, 15) is 4.79 Å². The molecule has 84 valence electrons. The lowest BCUT2D eigenvalue weighted by molar-refractivity contribution is -0.139. The highest BCUT2D eigenvalue weighted by Gasteiger charge is 2.20. The number of rotatable bonds is 1. The molecule has 0 aromatic heterocycles. The molecular weight excluding hydrogens is 188 g/mol. The minimum Gasteiger partial charge on any atom is -0.460 e. The fraction of sp³-hybridized carbons (Fsp3) is 0.625. The zero-order valence-corrected chi connectivity index (χ0v) is 8.92. The van der Waals surface area contributed by atoms with Crippen molar-refractivity contribution in [1.82, 2.24) is 11.6 Å². The first-order valence-corrected chi connectivity index (χ1v) is 3.51. The smallest absolute Gasteiger partial charge is 0.248 e. The summed E-state index contributed by atoms with van der Waals surface area (Å²) >= 11 is 0. The van der Waals surface area contributed by atoms with Gasteiger partial charge in [-0.05, 0) is 0 Å². The van der Waals surface area contributed by atoms with Gasteiger partial charge < -0.3 is 16.4 Å². The van der Waals surface area contributed by atoms with Gasteiger partial charge in [-0.15, -0.1) is 0 Å². The van der Waals surface area contributed by atoms with E-state index in [-0.39, 0.29) is 17.5 Å². The lowest BCUT2D eigenvalue weighted by atomic mass is 9.96. The lowest BCUT2D eigenvalue weighted by Gasteiger charge is -2.15. The Labute approximate surface area is 83.8 Å². The largest absolute Gasteiger partial charge is 0.460 e. The van der Waals surface area contributed by atoms with Crippen LogP contribution in [0.15, 0.2) is 0 Å². The van der Waals surface area contributed by atoms with Crippen molar-refractivity contribution in [2.45, 2.75) is 20.8 Å². The molecule has 6 heteroatoms. The monoisotopic (exact) mass is 206 g/mol. The Balaban J connectivity index is -0.000000209. The maximum absolute atomic E-state index is 10.8. The molecule has 0 aliphatic carbocycles. The van der Waals surface area contributed by atoms with Crippen molar-refractivity contribution in [2.75, 3.05) is 7.11 Å². The van der Waals surface area contributed by atoms with Crippen LogP contribution in [0.25, 0.3) is 0 Å². The second-order valence-electron chi connectivity index (χ2n) is 3.11. The molecule has 0 heterocycles. The zero-order valence-electron chi connectivity index (χ0n) is 8.92. The van der Waals surface area contributed by atoms with E-state index in [0.29, 0.717) is 0 Å². The molecule has 0 aromatic rings. The van der Waals surface area contributed by atoms with Crippen LogP contribution in [0.4, 0.5) is 0 Å². The average molecular weight is 206 g/mol. The topological polar surface area (TPSA) is 114 Å². The fourth-order valence-electron chi connectivity index (χ4n) is 0.246. The third-order valence-electron chi connectivity index (χ3n) is 0.926. The molecule has 0 saturated heterocycles. The van der Waals surface area contributed by atoms with Crippen molar-refractivity contribution in [1.29, 1.82) is 0 Å². The molecule has 0 aromatic carbocycles. The molecule has 0 aliphatic heterocycles. The fourth-order valence-corrected chi connectivity index (χ4v) is 0.246. The van der Waals surface area contributed by atoms with Crippen molar-refractivity contribution in [3.63, 3.8) is 0 Å². The molecule has 0 fully saturated rings. The van der Waals surface area contributed by atoms with E-state index in [1.165, 1.54) is 19.3 Å². The Morgan fingerprint density at radius 2 is 1.64 bits per heavy atom. The summed E-state index contributed by atoms with van der Waals surface area (Å²) in [6.45, 7) is 5.46. The van der Waals surface area contributed by atoms with Crippen LogP contribution in [0.1, 0.15) is 20.8 Å². The van der Waals surface area contributed by atoms with Crippen LogP contribution in [0.3, 0.4) is 0 Å². The van der Waals surface area contributed by atoms with Crippen LogP contribution in [0.5, 0.6) is 0 Å². The number of hydrogen-bond acceptors (Lipinski definition) is 5. The molecule has 1 amide bonds. The molecule has 0 aliphatic rings. The van der Waals surface area contributed by atoms with Crippen LogP contribution in [0.2, 0.25) is 0 Å². The van der Waals surface area contributed by atoms with Gasteiger partial charge >= 0.3 is 0 Å². The van der Waals surface area contributed by atoms with Crippen LogP contribution in [-0.4, -0.2) is 23.2 Å². The zero-order chi connectivity index (χ0) is 10.9. The number of carbonyl (C=O) groups excluding carboxylic acids is 1. The Morgan fingerprint density at radius 3 is 1.71 bits per heavy atom. The highest BCUT2D eigenvalue weighted by atomic mass is 16.6. The summed E-state index contributed by atoms with van der Waals surface area (Å²) in [5.41, 5.74) is 1.88. The number of carbonyl (C=O) groups is 1. The van der Waals surface area contributed by atoms with E-state index in [0.717, 1.165) is 0 Å². The molecular formula is C8H18N2O4. The molecule has 0 rings (SSSR count). The molecule has 14 heavy (non-hydrogen) atoms. The number of aliphatic hydroxyl groups is 2. The molecule has 0 spiro atoms. The predicted molar refractivity (Wildman–Crippen MR) is 51.3 cm³/mol. The third-order valence-corrected chi connectivity index (χ3v) is 0.926. The van der Waals surface area contributed by atoms with Gasteiger partial charge in [0, 0.05) is 5.41 Å². The number of hydroxylamine groups is 1. The number of hydrogen-bond donors (Lipinski definition) is 4. The van der Waals surface area contributed by atoms with E-state index in [1.54, 1.807) is 0 Å². The number of amides is 1. The highest BCUT2D eigenvalue weighted by molar-refractivity contribution is 5.80. The molecule has 0 saturated carbocycles. The summed E-state index contributed by atoms with van der Waals surface area (Å²) in [5.74, 6) is -0.106. The predicted octanol–water partition coefficient (Wildman–Crippen LogP) is 0.522. The van der Waals surface area contributed by atoms with Gasteiger partial charge in [0.25, 0.3) is 0 Å². The van der Waals surface area contributed by atoms with E-state index < -0.39 is 0 Å². The Morgan fingerprint density at radius 1 is 1.29 bits per heavy atom. The Hall–Kier alpha value is -1.45. The summed E-state index contributed by atoms with van der Waals surface area (Å²) < 4.78 is 0. The van der Waals surface area contributed by atoms with Gasteiger partial charge in [-0.3, -0.25) is 9.63 Å². The SMILES string of the molecule is CONC(=O)C(C)(C)C.N.OC#CO. The molecule has 6 N–H and O–H groups in total. The summed E-state index contributed by atoms with van der Waals surface area (Å²) in [7, 11) is 1.42. The molecule has 0 radical (unpaired) electrons. The molecule has 0 atom stereocenters. The van der Waals surface area contributed by atoms with Gasteiger partial charge in [0.05, 0.1) is 7.11 Å². The molecule has 0 unspecified atom stereocenters. The van der Waals surface area contributed by atoms with E-state index in [2.05, 4.69) is 10.3 Å². The molecule has 0 bridgehead atoms. The van der Waals surface area contributed by atoms with Crippen molar-refractivity contribution in [3.8, 4) is 12.2 Å². The Bertz CT molecular complexity index is 194. The van der Waals surface area contributed by atoms with Gasteiger partial charge in [-0.1, -0.05) is 20.8 Å². The second-order valence-corrected chi connectivity index (χ2v) is 3.11. The Kier molecular flexibility index (Phi) is 12.6. The van der Waals surface area contributed by atoms with Crippen LogP contribution in [0, 0.1) is 17.6 Å². The normalized spacial score (nSPS) is 8.00. The first-order valence-electron chi connectivity index (χ1n) is 3.51. The first-order chi connectivity index (χ1) is 5.90. The summed E-state index contributed by atoms with van der Waals surface area (Å²) in [5, 5.41) is 14.5. The number of nitrogens with one attached hydrogen (secondary N) is 1. The van der Waals surface area contributed by atoms with Crippen molar-refractivity contribution >= 4 is 5.91 Å². The van der Waals surface area contributed by atoms with Gasteiger partial charge in [0.1, 0.15) is 0 Å². The summed E-state index contributed by atoms with van der Waals surface area (Å²) in [4.78, 5) is 15.3. The maximum atomic E-state index is 10.8.